The minimum absolute atomic E-state index is 0.0461. The van der Waals surface area contributed by atoms with Gasteiger partial charge in [-0.05, 0) is 5.92 Å². The maximum Gasteiger partial charge on any atom is 0.233 e. The summed E-state index contributed by atoms with van der Waals surface area (Å²) in [4.78, 5) is 11.1. The van der Waals surface area contributed by atoms with Crippen molar-refractivity contribution in [1.29, 1.82) is 0 Å². The Morgan fingerprint density at radius 1 is 1.46 bits per heavy atom. The molecule has 0 spiro atoms. The highest BCUT2D eigenvalue weighted by Crippen LogP contribution is 1.85. The average Bonchev–Trinajstić information content (AvgIpc) is 2.09. The molecule has 0 heterocycles. The number of amides is 1. The first-order valence-corrected chi connectivity index (χ1v) is 4.63. The number of rotatable bonds is 7. The van der Waals surface area contributed by atoms with E-state index in [4.69, 9.17) is 4.74 Å². The van der Waals surface area contributed by atoms with E-state index in [1.54, 1.807) is 7.11 Å². The summed E-state index contributed by atoms with van der Waals surface area (Å²) in [7, 11) is 1.64. The molecule has 0 aromatic carbocycles. The van der Waals surface area contributed by atoms with Gasteiger partial charge in [0.1, 0.15) is 0 Å². The van der Waals surface area contributed by atoms with Gasteiger partial charge < -0.3 is 15.4 Å². The van der Waals surface area contributed by atoms with Crippen LogP contribution >= 0.6 is 0 Å². The van der Waals surface area contributed by atoms with E-state index in [2.05, 4.69) is 24.5 Å². The van der Waals surface area contributed by atoms with Crippen molar-refractivity contribution in [1.82, 2.24) is 10.6 Å². The van der Waals surface area contributed by atoms with Crippen LogP contribution < -0.4 is 10.6 Å². The molecule has 0 radical (unpaired) electrons. The second kappa shape index (κ2) is 8.01. The molecule has 0 unspecified atom stereocenters. The fourth-order valence-corrected chi connectivity index (χ4v) is 0.757. The second-order valence-electron chi connectivity index (χ2n) is 3.37. The summed E-state index contributed by atoms with van der Waals surface area (Å²) in [6, 6.07) is 0. The lowest BCUT2D eigenvalue weighted by Gasteiger charge is -2.07. The first-order chi connectivity index (χ1) is 6.16. The Hall–Kier alpha value is -0.610. The van der Waals surface area contributed by atoms with Crippen LogP contribution in [0, 0.1) is 5.92 Å². The predicted molar refractivity (Wildman–Crippen MR) is 52.6 cm³/mol. The lowest BCUT2D eigenvalue weighted by atomic mass is 10.2. The van der Waals surface area contributed by atoms with E-state index in [0.717, 1.165) is 6.54 Å². The lowest BCUT2D eigenvalue weighted by Crippen LogP contribution is -2.36. The van der Waals surface area contributed by atoms with Crippen molar-refractivity contribution in [2.75, 3.05) is 33.4 Å². The minimum atomic E-state index is 0.0461. The van der Waals surface area contributed by atoms with E-state index in [0.29, 0.717) is 25.6 Å². The Balaban J connectivity index is 3.20. The largest absolute Gasteiger partial charge is 0.383 e. The molecule has 0 bridgehead atoms. The van der Waals surface area contributed by atoms with Crippen LogP contribution in [-0.4, -0.2) is 39.3 Å². The molecule has 0 aliphatic rings. The third kappa shape index (κ3) is 9.30. The SMILES string of the molecule is COCCNCC(=O)NCC(C)C. The molecule has 0 saturated carbocycles. The maximum atomic E-state index is 11.1. The molecular weight excluding hydrogens is 168 g/mol. The van der Waals surface area contributed by atoms with Crippen molar-refractivity contribution in [3.8, 4) is 0 Å². The van der Waals surface area contributed by atoms with Gasteiger partial charge in [-0.3, -0.25) is 4.79 Å². The van der Waals surface area contributed by atoms with Gasteiger partial charge >= 0.3 is 0 Å². The highest BCUT2D eigenvalue weighted by Gasteiger charge is 2.00. The van der Waals surface area contributed by atoms with Crippen molar-refractivity contribution in [3.05, 3.63) is 0 Å². The van der Waals surface area contributed by atoms with Crippen LogP contribution in [0.1, 0.15) is 13.8 Å². The van der Waals surface area contributed by atoms with Crippen molar-refractivity contribution in [2.24, 2.45) is 5.92 Å². The third-order valence-electron chi connectivity index (χ3n) is 1.48. The van der Waals surface area contributed by atoms with Crippen LogP contribution in [0.25, 0.3) is 0 Å². The molecule has 4 heteroatoms. The molecule has 0 saturated heterocycles. The highest BCUT2D eigenvalue weighted by atomic mass is 16.5. The zero-order chi connectivity index (χ0) is 10.1. The van der Waals surface area contributed by atoms with Crippen LogP contribution in [0.4, 0.5) is 0 Å². The summed E-state index contributed by atoms with van der Waals surface area (Å²) < 4.78 is 4.83. The molecule has 0 aromatic rings. The molecule has 0 aliphatic heterocycles. The van der Waals surface area contributed by atoms with E-state index < -0.39 is 0 Å². The summed E-state index contributed by atoms with van der Waals surface area (Å²) in [5.41, 5.74) is 0. The van der Waals surface area contributed by atoms with Gasteiger partial charge in [-0.15, -0.1) is 0 Å². The van der Waals surface area contributed by atoms with E-state index in [-0.39, 0.29) is 5.91 Å². The normalized spacial score (nSPS) is 10.5. The molecule has 0 fully saturated rings. The number of ether oxygens (including phenoxy) is 1. The van der Waals surface area contributed by atoms with Gasteiger partial charge in [-0.2, -0.15) is 0 Å². The van der Waals surface area contributed by atoms with Crippen LogP contribution in [0.3, 0.4) is 0 Å². The Bertz CT molecular complexity index is 138. The van der Waals surface area contributed by atoms with Crippen LogP contribution in [0.2, 0.25) is 0 Å². The van der Waals surface area contributed by atoms with Gasteiger partial charge in [0.2, 0.25) is 5.91 Å². The maximum absolute atomic E-state index is 11.1. The monoisotopic (exact) mass is 188 g/mol. The van der Waals surface area contributed by atoms with E-state index >= 15 is 0 Å². The zero-order valence-corrected chi connectivity index (χ0v) is 8.72. The summed E-state index contributed by atoms with van der Waals surface area (Å²) in [5, 5.41) is 5.79. The third-order valence-corrected chi connectivity index (χ3v) is 1.48. The number of hydrogen-bond donors (Lipinski definition) is 2. The van der Waals surface area contributed by atoms with Crippen molar-refractivity contribution in [3.63, 3.8) is 0 Å². The quantitative estimate of drug-likeness (QED) is 0.553. The Labute approximate surface area is 80.0 Å². The first kappa shape index (κ1) is 12.4. The fraction of sp³-hybridized carbons (Fsp3) is 0.889. The number of nitrogens with one attached hydrogen (secondary N) is 2. The molecule has 0 aliphatic carbocycles. The molecule has 0 aromatic heterocycles. The Morgan fingerprint density at radius 3 is 2.69 bits per heavy atom. The van der Waals surface area contributed by atoms with Gasteiger partial charge in [0.15, 0.2) is 0 Å². The Morgan fingerprint density at radius 2 is 2.15 bits per heavy atom. The molecular formula is C9H20N2O2. The number of carbonyl (C=O) groups is 1. The van der Waals surface area contributed by atoms with Crippen LogP contribution in [0.5, 0.6) is 0 Å². The van der Waals surface area contributed by atoms with Gasteiger partial charge in [-0.25, -0.2) is 0 Å². The van der Waals surface area contributed by atoms with Crippen molar-refractivity contribution >= 4 is 5.91 Å². The van der Waals surface area contributed by atoms with Crippen molar-refractivity contribution < 1.29 is 9.53 Å². The summed E-state index contributed by atoms with van der Waals surface area (Å²) in [6.45, 7) is 6.60. The van der Waals surface area contributed by atoms with E-state index in [1.807, 2.05) is 0 Å². The van der Waals surface area contributed by atoms with Gasteiger partial charge in [0, 0.05) is 20.2 Å². The van der Waals surface area contributed by atoms with Crippen molar-refractivity contribution in [2.45, 2.75) is 13.8 Å². The molecule has 4 nitrogen and oxygen atoms in total. The number of carbonyl (C=O) groups excluding carboxylic acids is 1. The molecule has 13 heavy (non-hydrogen) atoms. The number of methoxy groups -OCH3 is 1. The summed E-state index contributed by atoms with van der Waals surface area (Å²) in [6.07, 6.45) is 0. The average molecular weight is 188 g/mol. The minimum Gasteiger partial charge on any atom is -0.383 e. The highest BCUT2D eigenvalue weighted by molar-refractivity contribution is 5.77. The van der Waals surface area contributed by atoms with Crippen LogP contribution in [-0.2, 0) is 9.53 Å². The molecule has 0 atom stereocenters. The van der Waals surface area contributed by atoms with E-state index in [1.165, 1.54) is 0 Å². The van der Waals surface area contributed by atoms with E-state index in [9.17, 15) is 4.79 Å². The molecule has 1 amide bonds. The smallest absolute Gasteiger partial charge is 0.233 e. The van der Waals surface area contributed by atoms with Gasteiger partial charge in [-0.1, -0.05) is 13.8 Å². The summed E-state index contributed by atoms with van der Waals surface area (Å²) >= 11 is 0. The molecule has 78 valence electrons. The Kier molecular flexibility index (Phi) is 7.63. The second-order valence-corrected chi connectivity index (χ2v) is 3.37. The molecule has 0 rings (SSSR count). The van der Waals surface area contributed by atoms with Gasteiger partial charge in [0.25, 0.3) is 0 Å². The topological polar surface area (TPSA) is 50.4 Å². The lowest BCUT2D eigenvalue weighted by molar-refractivity contribution is -0.120. The summed E-state index contributed by atoms with van der Waals surface area (Å²) in [5.74, 6) is 0.549. The zero-order valence-electron chi connectivity index (χ0n) is 8.72. The van der Waals surface area contributed by atoms with Crippen LogP contribution in [0.15, 0.2) is 0 Å². The fourth-order valence-electron chi connectivity index (χ4n) is 0.757. The number of hydrogen-bond acceptors (Lipinski definition) is 3. The van der Waals surface area contributed by atoms with Gasteiger partial charge in [0.05, 0.1) is 13.2 Å². The predicted octanol–water partition coefficient (Wildman–Crippen LogP) is -0.00540. The standard InChI is InChI=1S/C9H20N2O2/c1-8(2)6-11-9(12)7-10-4-5-13-3/h8,10H,4-7H2,1-3H3,(H,11,12). The molecule has 2 N–H and O–H groups in total. The first-order valence-electron chi connectivity index (χ1n) is 4.63.